The molecule has 0 saturated heterocycles. The fourth-order valence-corrected chi connectivity index (χ4v) is 1.96. The van der Waals surface area contributed by atoms with E-state index in [1.807, 2.05) is 63.4 Å². The maximum absolute atomic E-state index is 11.7. The number of aromatic nitrogens is 1. The summed E-state index contributed by atoms with van der Waals surface area (Å²) in [5, 5.41) is 2.78. The molecule has 2 rings (SSSR count). The van der Waals surface area contributed by atoms with Gasteiger partial charge in [-0.3, -0.25) is 4.98 Å². The van der Waals surface area contributed by atoms with Crippen molar-refractivity contribution in [2.45, 2.75) is 32.9 Å². The number of amides is 1. The molecule has 1 aromatic carbocycles. The van der Waals surface area contributed by atoms with Gasteiger partial charge in [0, 0.05) is 24.5 Å². The lowest BCUT2D eigenvalue weighted by Gasteiger charge is -2.20. The summed E-state index contributed by atoms with van der Waals surface area (Å²) in [4.78, 5) is 15.9. The van der Waals surface area contributed by atoms with Gasteiger partial charge in [0.05, 0.1) is 0 Å². The first-order chi connectivity index (χ1) is 9.96. The zero-order chi connectivity index (χ0) is 15.3. The summed E-state index contributed by atoms with van der Waals surface area (Å²) in [7, 11) is 0. The smallest absolute Gasteiger partial charge is 0.407 e. The minimum Gasteiger partial charge on any atom is -0.444 e. The summed E-state index contributed by atoms with van der Waals surface area (Å²) in [6.07, 6.45) is 3.14. The van der Waals surface area contributed by atoms with Crippen molar-refractivity contribution in [1.82, 2.24) is 10.3 Å². The monoisotopic (exact) mass is 284 g/mol. The van der Waals surface area contributed by atoms with E-state index in [9.17, 15) is 4.79 Å². The van der Waals surface area contributed by atoms with E-state index >= 15 is 0 Å². The number of alkyl carbamates (subject to hydrolysis) is 1. The highest BCUT2D eigenvalue weighted by atomic mass is 16.6. The summed E-state index contributed by atoms with van der Waals surface area (Å²) in [6.45, 7) is 5.95. The van der Waals surface area contributed by atoms with E-state index < -0.39 is 11.7 Å². The van der Waals surface area contributed by atoms with E-state index in [1.54, 1.807) is 6.20 Å². The van der Waals surface area contributed by atoms with Crippen LogP contribution in [0.15, 0.2) is 48.8 Å². The van der Waals surface area contributed by atoms with Crippen LogP contribution < -0.4 is 5.32 Å². The number of nitrogens with one attached hydrogen (secondary N) is 1. The van der Waals surface area contributed by atoms with E-state index in [4.69, 9.17) is 4.74 Å². The molecule has 4 heteroatoms. The molecule has 1 N–H and O–H groups in total. The molecule has 21 heavy (non-hydrogen) atoms. The van der Waals surface area contributed by atoms with Gasteiger partial charge in [-0.1, -0.05) is 30.3 Å². The highest BCUT2D eigenvalue weighted by molar-refractivity contribution is 5.70. The van der Waals surface area contributed by atoms with E-state index in [1.165, 1.54) is 0 Å². The number of pyridine rings is 1. The molecule has 0 spiro atoms. The van der Waals surface area contributed by atoms with Gasteiger partial charge >= 0.3 is 6.09 Å². The predicted molar refractivity (Wildman–Crippen MR) is 82.7 cm³/mol. The first kappa shape index (κ1) is 15.0. The molecule has 0 aliphatic heterocycles. The van der Waals surface area contributed by atoms with E-state index in [-0.39, 0.29) is 0 Å². The summed E-state index contributed by atoms with van der Waals surface area (Å²) in [5.41, 5.74) is 2.62. The van der Waals surface area contributed by atoms with Gasteiger partial charge in [-0.25, -0.2) is 4.79 Å². The quantitative estimate of drug-likeness (QED) is 0.933. The molecule has 0 radical (unpaired) electrons. The molecular formula is C17H20N2O2. The zero-order valence-electron chi connectivity index (χ0n) is 12.6. The molecule has 0 bridgehead atoms. The predicted octanol–water partition coefficient (Wildman–Crippen LogP) is 3.77. The molecule has 0 saturated carbocycles. The molecule has 2 aromatic rings. The van der Waals surface area contributed by atoms with Crippen molar-refractivity contribution in [2.24, 2.45) is 0 Å². The molecule has 0 unspecified atom stereocenters. The minimum atomic E-state index is -0.493. The van der Waals surface area contributed by atoms with Crippen LogP contribution in [0.25, 0.3) is 11.1 Å². The maximum atomic E-state index is 11.7. The molecule has 110 valence electrons. The van der Waals surface area contributed by atoms with Crippen molar-refractivity contribution < 1.29 is 9.53 Å². The fraction of sp³-hybridized carbons (Fsp3) is 0.294. The average Bonchev–Trinajstić information content (AvgIpc) is 2.45. The van der Waals surface area contributed by atoms with Crippen LogP contribution in [0.1, 0.15) is 26.3 Å². The second-order valence-electron chi connectivity index (χ2n) is 5.75. The number of ether oxygens (including phenoxy) is 1. The Labute approximate surface area is 125 Å². The van der Waals surface area contributed by atoms with Crippen molar-refractivity contribution in [3.63, 3.8) is 0 Å². The lowest BCUT2D eigenvalue weighted by molar-refractivity contribution is 0.0523. The van der Waals surface area contributed by atoms with Crippen LogP contribution in [0.5, 0.6) is 0 Å². The first-order valence-corrected chi connectivity index (χ1v) is 6.91. The van der Waals surface area contributed by atoms with Gasteiger partial charge in [0.15, 0.2) is 0 Å². The van der Waals surface area contributed by atoms with Gasteiger partial charge in [0.1, 0.15) is 5.60 Å². The first-order valence-electron chi connectivity index (χ1n) is 6.91. The summed E-state index contributed by atoms with van der Waals surface area (Å²) in [5.74, 6) is 0. The number of benzene rings is 1. The third-order valence-corrected chi connectivity index (χ3v) is 2.81. The highest BCUT2D eigenvalue weighted by Crippen LogP contribution is 2.22. The molecule has 4 nitrogen and oxygen atoms in total. The van der Waals surface area contributed by atoms with Crippen LogP contribution in [-0.4, -0.2) is 16.7 Å². The molecule has 1 heterocycles. The van der Waals surface area contributed by atoms with Gasteiger partial charge < -0.3 is 10.1 Å². The third kappa shape index (κ3) is 4.60. The van der Waals surface area contributed by atoms with Crippen molar-refractivity contribution in [3.8, 4) is 11.1 Å². The number of nitrogens with zero attached hydrogens (tertiary/aromatic N) is 1. The van der Waals surface area contributed by atoms with Crippen molar-refractivity contribution in [1.29, 1.82) is 0 Å². The topological polar surface area (TPSA) is 51.2 Å². The largest absolute Gasteiger partial charge is 0.444 e. The Morgan fingerprint density at radius 2 is 1.95 bits per heavy atom. The zero-order valence-corrected chi connectivity index (χ0v) is 12.6. The Morgan fingerprint density at radius 3 is 2.62 bits per heavy atom. The van der Waals surface area contributed by atoms with Crippen LogP contribution in [0.2, 0.25) is 0 Å². The maximum Gasteiger partial charge on any atom is 0.407 e. The van der Waals surface area contributed by atoms with Crippen LogP contribution in [0.4, 0.5) is 4.79 Å². The average molecular weight is 284 g/mol. The molecule has 0 aliphatic carbocycles. The molecule has 0 fully saturated rings. The SMILES string of the molecule is CC(C)(C)OC(=O)NCc1ccccc1-c1cccnc1. The Kier molecular flexibility index (Phi) is 4.58. The van der Waals surface area contributed by atoms with Crippen molar-refractivity contribution >= 4 is 6.09 Å². The Bertz CT molecular complexity index is 604. The van der Waals surface area contributed by atoms with Crippen LogP contribution in [-0.2, 0) is 11.3 Å². The molecule has 1 aromatic heterocycles. The number of carbonyl (C=O) groups is 1. The van der Waals surface area contributed by atoms with Gasteiger partial charge in [0.2, 0.25) is 0 Å². The van der Waals surface area contributed by atoms with Gasteiger partial charge in [-0.15, -0.1) is 0 Å². The normalized spacial score (nSPS) is 11.0. The summed E-state index contributed by atoms with van der Waals surface area (Å²) < 4.78 is 5.24. The van der Waals surface area contributed by atoms with Gasteiger partial charge in [-0.2, -0.15) is 0 Å². The van der Waals surface area contributed by atoms with Crippen molar-refractivity contribution in [3.05, 3.63) is 54.4 Å². The fourth-order valence-electron chi connectivity index (χ4n) is 1.96. The second-order valence-corrected chi connectivity index (χ2v) is 5.75. The molecule has 0 atom stereocenters. The number of carbonyl (C=O) groups excluding carboxylic acids is 1. The lowest BCUT2D eigenvalue weighted by atomic mass is 10.0. The summed E-state index contributed by atoms with van der Waals surface area (Å²) >= 11 is 0. The number of rotatable bonds is 3. The molecular weight excluding hydrogens is 264 g/mol. The van der Waals surface area contributed by atoms with Crippen LogP contribution in [0.3, 0.4) is 0 Å². The molecule has 0 aliphatic rings. The highest BCUT2D eigenvalue weighted by Gasteiger charge is 2.16. The Morgan fingerprint density at radius 1 is 1.19 bits per heavy atom. The van der Waals surface area contributed by atoms with Gasteiger partial charge in [-0.05, 0) is 38.0 Å². The number of hydrogen-bond acceptors (Lipinski definition) is 3. The standard InChI is InChI=1S/C17H20N2O2/c1-17(2,3)21-16(20)19-12-14-7-4-5-9-15(14)13-8-6-10-18-11-13/h4-11H,12H2,1-3H3,(H,19,20). The van der Waals surface area contributed by atoms with E-state index in [2.05, 4.69) is 10.3 Å². The Hall–Kier alpha value is -2.36. The Balaban J connectivity index is 2.10. The third-order valence-electron chi connectivity index (χ3n) is 2.81. The van der Waals surface area contributed by atoms with Crippen LogP contribution in [0, 0.1) is 0 Å². The summed E-state index contributed by atoms with van der Waals surface area (Å²) in [6, 6.07) is 11.8. The van der Waals surface area contributed by atoms with Crippen molar-refractivity contribution in [2.75, 3.05) is 0 Å². The number of hydrogen-bond donors (Lipinski definition) is 1. The molecule has 1 amide bonds. The van der Waals surface area contributed by atoms with E-state index in [0.717, 1.165) is 16.7 Å². The van der Waals surface area contributed by atoms with E-state index in [0.29, 0.717) is 6.54 Å². The van der Waals surface area contributed by atoms with Gasteiger partial charge in [0.25, 0.3) is 0 Å². The second kappa shape index (κ2) is 6.39. The van der Waals surface area contributed by atoms with Crippen LogP contribution >= 0.6 is 0 Å². The minimum absolute atomic E-state index is 0.413. The lowest BCUT2D eigenvalue weighted by Crippen LogP contribution is -2.32.